The van der Waals surface area contributed by atoms with Gasteiger partial charge in [0.2, 0.25) is 0 Å². The van der Waals surface area contributed by atoms with Gasteiger partial charge >= 0.3 is 11.9 Å². The molecule has 0 radical (unpaired) electrons. The molecule has 0 spiro atoms. The van der Waals surface area contributed by atoms with Gasteiger partial charge in [-0.2, -0.15) is 4.57 Å². The van der Waals surface area contributed by atoms with Crippen molar-refractivity contribution in [2.24, 2.45) is 0 Å². The molecule has 2 aromatic rings. The number of benzene rings is 1. The summed E-state index contributed by atoms with van der Waals surface area (Å²) >= 11 is 0. The topological polar surface area (TPSA) is 56.5 Å². The van der Waals surface area contributed by atoms with Crippen molar-refractivity contribution >= 4 is 11.9 Å². The first-order valence-corrected chi connectivity index (χ1v) is 6.39. The number of methoxy groups -OCH3 is 2. The van der Waals surface area contributed by atoms with Crippen LogP contribution >= 0.6 is 0 Å². The lowest BCUT2D eigenvalue weighted by molar-refractivity contribution is -0.688. The highest BCUT2D eigenvalue weighted by Gasteiger charge is 2.22. The van der Waals surface area contributed by atoms with Crippen LogP contribution in [-0.4, -0.2) is 26.2 Å². The Labute approximate surface area is 122 Å². The van der Waals surface area contributed by atoms with Gasteiger partial charge in [-0.15, -0.1) is 0 Å². The van der Waals surface area contributed by atoms with E-state index in [-0.39, 0.29) is 11.1 Å². The number of hydrogen-bond donors (Lipinski definition) is 0. The minimum atomic E-state index is -0.571. The number of esters is 2. The normalized spacial score (nSPS) is 10.0. The first-order chi connectivity index (χ1) is 10.2. The number of ether oxygens (including phenoxy) is 2. The number of aromatic nitrogens is 1. The number of nitrogens with zero attached hydrogens (tertiary/aromatic N) is 1. The Kier molecular flexibility index (Phi) is 4.66. The van der Waals surface area contributed by atoms with E-state index in [9.17, 15) is 9.59 Å². The van der Waals surface area contributed by atoms with Crippen LogP contribution in [0, 0.1) is 0 Å². The van der Waals surface area contributed by atoms with E-state index in [0.29, 0.717) is 6.54 Å². The van der Waals surface area contributed by atoms with Crippen molar-refractivity contribution in [3.05, 3.63) is 65.5 Å². The SMILES string of the molecule is COC(=O)c1cc[n+](Cc2ccccc2)cc1C(=O)OC. The lowest BCUT2D eigenvalue weighted by Crippen LogP contribution is -2.35. The molecule has 0 saturated heterocycles. The molecule has 0 aliphatic rings. The van der Waals surface area contributed by atoms with E-state index < -0.39 is 11.9 Å². The van der Waals surface area contributed by atoms with Crippen LogP contribution in [0.4, 0.5) is 0 Å². The highest BCUT2D eigenvalue weighted by Crippen LogP contribution is 2.09. The molecule has 0 amide bonds. The molecule has 1 heterocycles. The smallest absolute Gasteiger partial charge is 0.344 e. The van der Waals surface area contributed by atoms with Crippen molar-refractivity contribution in [2.75, 3.05) is 14.2 Å². The fraction of sp³-hybridized carbons (Fsp3) is 0.188. The summed E-state index contributed by atoms with van der Waals surface area (Å²) < 4.78 is 11.2. The van der Waals surface area contributed by atoms with Crippen LogP contribution in [-0.2, 0) is 16.0 Å². The van der Waals surface area contributed by atoms with Crippen LogP contribution < -0.4 is 4.57 Å². The molecule has 1 aromatic heterocycles. The van der Waals surface area contributed by atoms with Crippen LogP contribution in [0.2, 0.25) is 0 Å². The monoisotopic (exact) mass is 286 g/mol. The van der Waals surface area contributed by atoms with E-state index in [4.69, 9.17) is 4.74 Å². The van der Waals surface area contributed by atoms with Gasteiger partial charge in [0.15, 0.2) is 18.9 Å². The highest BCUT2D eigenvalue weighted by molar-refractivity contribution is 6.02. The maximum atomic E-state index is 11.8. The van der Waals surface area contributed by atoms with E-state index in [2.05, 4.69) is 4.74 Å². The van der Waals surface area contributed by atoms with Crippen molar-refractivity contribution in [2.45, 2.75) is 6.54 Å². The first-order valence-electron chi connectivity index (χ1n) is 6.39. The summed E-state index contributed by atoms with van der Waals surface area (Å²) in [5, 5.41) is 0. The third kappa shape index (κ3) is 3.45. The maximum absolute atomic E-state index is 11.8. The van der Waals surface area contributed by atoms with Crippen LogP contribution in [0.1, 0.15) is 26.3 Å². The van der Waals surface area contributed by atoms with Gasteiger partial charge in [0.1, 0.15) is 5.56 Å². The lowest BCUT2D eigenvalue weighted by Gasteiger charge is -2.05. The van der Waals surface area contributed by atoms with Gasteiger partial charge in [-0.25, -0.2) is 9.59 Å². The van der Waals surface area contributed by atoms with Gasteiger partial charge in [0, 0.05) is 11.6 Å². The van der Waals surface area contributed by atoms with Gasteiger partial charge in [0.25, 0.3) is 0 Å². The Balaban J connectivity index is 2.37. The van der Waals surface area contributed by atoms with Crippen molar-refractivity contribution in [3.8, 4) is 0 Å². The van der Waals surface area contributed by atoms with Gasteiger partial charge in [-0.1, -0.05) is 30.3 Å². The Hall–Kier alpha value is -2.69. The maximum Gasteiger partial charge on any atom is 0.344 e. The molecule has 0 aliphatic heterocycles. The summed E-state index contributed by atoms with van der Waals surface area (Å²) in [6.45, 7) is 0.590. The van der Waals surface area contributed by atoms with Gasteiger partial charge in [-0.3, -0.25) is 0 Å². The van der Waals surface area contributed by atoms with Crippen LogP contribution in [0.15, 0.2) is 48.8 Å². The van der Waals surface area contributed by atoms with E-state index >= 15 is 0 Å². The zero-order chi connectivity index (χ0) is 15.2. The van der Waals surface area contributed by atoms with Crippen molar-refractivity contribution in [3.63, 3.8) is 0 Å². The zero-order valence-corrected chi connectivity index (χ0v) is 11.9. The first kappa shape index (κ1) is 14.7. The Morgan fingerprint density at radius 3 is 2.19 bits per heavy atom. The fourth-order valence-corrected chi connectivity index (χ4v) is 1.99. The van der Waals surface area contributed by atoms with Crippen LogP contribution in [0.25, 0.3) is 0 Å². The van der Waals surface area contributed by atoms with Gasteiger partial charge < -0.3 is 9.47 Å². The summed E-state index contributed by atoms with van der Waals surface area (Å²) in [5.41, 5.74) is 1.46. The second-order valence-electron chi connectivity index (χ2n) is 4.41. The Bertz CT molecular complexity index is 653. The molecular weight excluding hydrogens is 270 g/mol. The molecule has 21 heavy (non-hydrogen) atoms. The average Bonchev–Trinajstić information content (AvgIpc) is 2.54. The van der Waals surface area contributed by atoms with E-state index in [1.165, 1.54) is 14.2 Å². The molecule has 0 N–H and O–H groups in total. The quantitative estimate of drug-likeness (QED) is 0.633. The molecule has 0 saturated carbocycles. The molecule has 0 atom stereocenters. The number of pyridine rings is 1. The standard InChI is InChI=1S/C16H16NO4/c1-20-15(18)13-8-9-17(11-14(13)16(19)21-2)10-12-6-4-3-5-7-12/h3-9,11H,10H2,1-2H3/q+1. The number of carbonyl (C=O) groups excluding carboxylic acids is 2. The third-order valence-electron chi connectivity index (χ3n) is 3.04. The van der Waals surface area contributed by atoms with Crippen molar-refractivity contribution in [1.82, 2.24) is 0 Å². The fourth-order valence-electron chi connectivity index (χ4n) is 1.99. The average molecular weight is 286 g/mol. The van der Waals surface area contributed by atoms with Crippen molar-refractivity contribution in [1.29, 1.82) is 0 Å². The zero-order valence-electron chi connectivity index (χ0n) is 11.9. The molecular formula is C16H16NO4+. The Morgan fingerprint density at radius 2 is 1.57 bits per heavy atom. The molecule has 0 unspecified atom stereocenters. The van der Waals surface area contributed by atoms with Gasteiger partial charge in [-0.05, 0) is 0 Å². The third-order valence-corrected chi connectivity index (χ3v) is 3.04. The Morgan fingerprint density at radius 1 is 0.952 bits per heavy atom. The molecule has 0 bridgehead atoms. The van der Waals surface area contributed by atoms with E-state index in [1.807, 2.05) is 34.9 Å². The number of carbonyl (C=O) groups is 2. The van der Waals surface area contributed by atoms with E-state index in [0.717, 1.165) is 5.56 Å². The summed E-state index contributed by atoms with van der Waals surface area (Å²) in [5.74, 6) is -1.14. The van der Waals surface area contributed by atoms with Crippen LogP contribution in [0.3, 0.4) is 0 Å². The summed E-state index contributed by atoms with van der Waals surface area (Å²) in [7, 11) is 2.55. The number of hydrogen-bond acceptors (Lipinski definition) is 4. The molecule has 0 fully saturated rings. The summed E-state index contributed by atoms with van der Waals surface area (Å²) in [4.78, 5) is 23.5. The molecule has 0 aliphatic carbocycles. The predicted octanol–water partition coefficient (Wildman–Crippen LogP) is 1.60. The molecule has 2 rings (SSSR count). The molecule has 5 heteroatoms. The largest absolute Gasteiger partial charge is 0.465 e. The second-order valence-corrected chi connectivity index (χ2v) is 4.41. The highest BCUT2D eigenvalue weighted by atomic mass is 16.5. The molecule has 1 aromatic carbocycles. The number of rotatable bonds is 4. The van der Waals surface area contributed by atoms with Gasteiger partial charge in [0.05, 0.1) is 19.8 Å². The molecule has 5 nitrogen and oxygen atoms in total. The van der Waals surface area contributed by atoms with Crippen LogP contribution in [0.5, 0.6) is 0 Å². The predicted molar refractivity (Wildman–Crippen MR) is 74.9 cm³/mol. The van der Waals surface area contributed by atoms with E-state index in [1.54, 1.807) is 18.5 Å². The summed E-state index contributed by atoms with van der Waals surface area (Å²) in [6, 6.07) is 11.4. The lowest BCUT2D eigenvalue weighted by atomic mass is 10.1. The minimum absolute atomic E-state index is 0.183. The molecule has 108 valence electrons. The van der Waals surface area contributed by atoms with Crippen molar-refractivity contribution < 1.29 is 23.6 Å². The minimum Gasteiger partial charge on any atom is -0.465 e. The second kappa shape index (κ2) is 6.65. The summed E-state index contributed by atoms with van der Waals surface area (Å²) in [6.07, 6.45) is 3.32.